The molecule has 0 N–H and O–H groups in total. The van der Waals surface area contributed by atoms with E-state index in [0.29, 0.717) is 23.3 Å². The Morgan fingerprint density at radius 1 is 1.03 bits per heavy atom. The maximum absolute atomic E-state index is 13.0. The van der Waals surface area contributed by atoms with Gasteiger partial charge in [0.25, 0.3) is 5.91 Å². The van der Waals surface area contributed by atoms with Gasteiger partial charge in [-0.15, -0.1) is 0 Å². The van der Waals surface area contributed by atoms with Crippen molar-refractivity contribution >= 4 is 53.3 Å². The van der Waals surface area contributed by atoms with Crippen molar-refractivity contribution in [2.45, 2.75) is 43.0 Å². The van der Waals surface area contributed by atoms with E-state index >= 15 is 0 Å². The summed E-state index contributed by atoms with van der Waals surface area (Å²) in [6.45, 7) is 4.28. The van der Waals surface area contributed by atoms with Crippen LogP contribution < -0.4 is 4.80 Å². The summed E-state index contributed by atoms with van der Waals surface area (Å²) in [5.41, 5.74) is 0.678. The number of carbonyl (C=O) groups is 2. The highest BCUT2D eigenvalue weighted by atomic mass is 32.2. The average Bonchev–Trinajstić information content (AvgIpc) is 3.19. The molecular formula is C24H29N3O7S3. The second-order valence-corrected chi connectivity index (χ2v) is 13.2. The average molecular weight is 568 g/mol. The lowest BCUT2D eigenvalue weighted by Gasteiger charge is -2.20. The zero-order chi connectivity index (χ0) is 27.4. The number of hydrogen-bond donors (Lipinski definition) is 0. The zero-order valence-electron chi connectivity index (χ0n) is 21.0. The number of sulfonamides is 1. The molecule has 0 atom stereocenters. The molecule has 10 nitrogen and oxygen atoms in total. The molecule has 0 spiro atoms. The van der Waals surface area contributed by atoms with Gasteiger partial charge in [-0.05, 0) is 48.9 Å². The Bertz CT molecular complexity index is 1590. The minimum atomic E-state index is -3.69. The molecule has 13 heteroatoms. The van der Waals surface area contributed by atoms with Gasteiger partial charge in [0.15, 0.2) is 14.6 Å². The Morgan fingerprint density at radius 2 is 1.68 bits per heavy atom. The van der Waals surface area contributed by atoms with Crippen LogP contribution in [0.2, 0.25) is 0 Å². The molecule has 0 aliphatic heterocycles. The van der Waals surface area contributed by atoms with Crippen molar-refractivity contribution < 1.29 is 31.2 Å². The molecule has 0 unspecified atom stereocenters. The van der Waals surface area contributed by atoms with Crippen molar-refractivity contribution in [3.05, 3.63) is 52.8 Å². The third-order valence-electron chi connectivity index (χ3n) is 5.65. The van der Waals surface area contributed by atoms with Crippen molar-refractivity contribution in [1.82, 2.24) is 8.87 Å². The van der Waals surface area contributed by atoms with Gasteiger partial charge in [0.2, 0.25) is 10.0 Å². The predicted octanol–water partition coefficient (Wildman–Crippen LogP) is 2.83. The molecule has 0 saturated carbocycles. The fourth-order valence-electron chi connectivity index (χ4n) is 3.57. The molecule has 0 fully saturated rings. The van der Waals surface area contributed by atoms with Gasteiger partial charge < -0.3 is 9.30 Å². The van der Waals surface area contributed by atoms with Crippen LogP contribution in [-0.2, 0) is 35.9 Å². The third-order valence-corrected chi connectivity index (χ3v) is 9.79. The Labute approximate surface area is 220 Å². The fraction of sp³-hybridized carbons (Fsp3) is 0.375. The molecule has 0 aliphatic rings. The molecule has 2 aromatic carbocycles. The van der Waals surface area contributed by atoms with Crippen LogP contribution in [0.15, 0.2) is 57.2 Å². The number of esters is 1. The summed E-state index contributed by atoms with van der Waals surface area (Å²) in [5.74, 6) is -1.21. The molecule has 37 heavy (non-hydrogen) atoms. The van der Waals surface area contributed by atoms with Crippen molar-refractivity contribution in [3.8, 4) is 0 Å². The molecule has 1 aromatic heterocycles. The summed E-state index contributed by atoms with van der Waals surface area (Å²) in [6.07, 6.45) is 2.70. The molecule has 0 aliphatic carbocycles. The first kappa shape index (κ1) is 28.7. The van der Waals surface area contributed by atoms with Crippen LogP contribution in [0.25, 0.3) is 10.2 Å². The van der Waals surface area contributed by atoms with E-state index in [1.54, 1.807) is 13.0 Å². The number of sulfone groups is 1. The number of carbonyl (C=O) groups excluding carboxylic acids is 2. The molecule has 0 radical (unpaired) electrons. The van der Waals surface area contributed by atoms with Crippen molar-refractivity contribution in [2.75, 3.05) is 26.5 Å². The predicted molar refractivity (Wildman–Crippen MR) is 141 cm³/mol. The number of amides is 1. The van der Waals surface area contributed by atoms with E-state index in [-0.39, 0.29) is 26.7 Å². The molecule has 200 valence electrons. The maximum Gasteiger partial charge on any atom is 0.325 e. The molecule has 3 aromatic rings. The number of aromatic nitrogens is 1. The largest absolute Gasteiger partial charge is 0.468 e. The molecule has 0 saturated heterocycles. The number of nitrogens with zero attached hydrogens (tertiary/aromatic N) is 3. The summed E-state index contributed by atoms with van der Waals surface area (Å²) >= 11 is 1.05. The fourth-order valence-corrected chi connectivity index (χ4v) is 6.84. The van der Waals surface area contributed by atoms with Crippen molar-refractivity contribution in [2.24, 2.45) is 4.99 Å². The minimum Gasteiger partial charge on any atom is -0.468 e. The second kappa shape index (κ2) is 11.7. The van der Waals surface area contributed by atoms with E-state index in [9.17, 15) is 26.4 Å². The summed E-state index contributed by atoms with van der Waals surface area (Å²) in [4.78, 5) is 29.5. The summed E-state index contributed by atoms with van der Waals surface area (Å²) in [6, 6.07) is 9.97. The lowest BCUT2D eigenvalue weighted by atomic mass is 10.2. The van der Waals surface area contributed by atoms with Gasteiger partial charge in [0, 0.05) is 24.9 Å². The van der Waals surface area contributed by atoms with E-state index in [1.807, 2.05) is 6.92 Å². The van der Waals surface area contributed by atoms with Gasteiger partial charge in [0.05, 0.1) is 27.1 Å². The van der Waals surface area contributed by atoms with Gasteiger partial charge >= 0.3 is 5.97 Å². The van der Waals surface area contributed by atoms with Gasteiger partial charge in [-0.3, -0.25) is 9.59 Å². The first-order chi connectivity index (χ1) is 17.4. The zero-order valence-corrected chi connectivity index (χ0v) is 23.5. The smallest absolute Gasteiger partial charge is 0.325 e. The van der Waals surface area contributed by atoms with Crippen molar-refractivity contribution in [3.63, 3.8) is 0 Å². The molecule has 0 bridgehead atoms. The second-order valence-electron chi connectivity index (χ2n) is 8.24. The van der Waals surface area contributed by atoms with Gasteiger partial charge in [-0.1, -0.05) is 31.6 Å². The van der Waals surface area contributed by atoms with E-state index < -0.39 is 31.7 Å². The number of thiazole rings is 1. The Morgan fingerprint density at radius 3 is 2.24 bits per heavy atom. The number of rotatable bonds is 10. The molecule has 3 rings (SSSR count). The Kier molecular flexibility index (Phi) is 9.05. The first-order valence-corrected chi connectivity index (χ1v) is 15.7. The number of ether oxygens (including phenoxy) is 1. The van der Waals surface area contributed by atoms with Gasteiger partial charge in [-0.2, -0.15) is 9.30 Å². The number of methoxy groups -OCH3 is 1. The highest BCUT2D eigenvalue weighted by Gasteiger charge is 2.23. The Hall–Kier alpha value is -2.87. The number of hydrogen-bond acceptors (Lipinski definition) is 8. The summed E-state index contributed by atoms with van der Waals surface area (Å²) in [7, 11) is -5.92. The lowest BCUT2D eigenvalue weighted by molar-refractivity contribution is -0.141. The van der Waals surface area contributed by atoms with Crippen LogP contribution in [0.4, 0.5) is 0 Å². The van der Waals surface area contributed by atoms with Crippen LogP contribution in [0, 0.1) is 0 Å². The SMILES string of the molecule is CCCCN(CC)S(=O)(=O)c1ccc(C(=O)N=c2sc3cc(S(C)(=O)=O)ccc3n2CC(=O)OC)cc1. The van der Waals surface area contributed by atoms with Crippen LogP contribution in [0.3, 0.4) is 0 Å². The van der Waals surface area contributed by atoms with Gasteiger partial charge in [-0.25, -0.2) is 16.8 Å². The minimum absolute atomic E-state index is 0.0814. The maximum atomic E-state index is 13.0. The van der Waals surface area contributed by atoms with E-state index in [1.165, 1.54) is 52.4 Å². The first-order valence-electron chi connectivity index (χ1n) is 11.5. The van der Waals surface area contributed by atoms with Crippen LogP contribution in [-0.4, -0.2) is 64.0 Å². The van der Waals surface area contributed by atoms with Gasteiger partial charge in [0.1, 0.15) is 6.54 Å². The number of unbranched alkanes of at least 4 members (excludes halogenated alkanes) is 1. The number of benzene rings is 2. The summed E-state index contributed by atoms with van der Waals surface area (Å²) < 4.78 is 58.0. The number of fused-ring (bicyclic) bond motifs is 1. The molecular weight excluding hydrogens is 538 g/mol. The quantitative estimate of drug-likeness (QED) is 0.344. The van der Waals surface area contributed by atoms with Crippen LogP contribution in [0.5, 0.6) is 0 Å². The Balaban J connectivity index is 2.02. The lowest BCUT2D eigenvalue weighted by Crippen LogP contribution is -2.31. The van der Waals surface area contributed by atoms with E-state index in [0.717, 1.165) is 30.4 Å². The van der Waals surface area contributed by atoms with Crippen LogP contribution >= 0.6 is 11.3 Å². The standard InChI is InChI=1S/C24H29N3O7S3/c1-5-7-14-26(6-2)37(32,33)18-10-8-17(9-11-18)23(29)25-24-27(16-22(28)34-3)20-13-12-19(36(4,30)31)15-21(20)35-24/h8-13,15H,5-7,14,16H2,1-4H3. The summed E-state index contributed by atoms with van der Waals surface area (Å²) in [5, 5.41) is 0. The monoisotopic (exact) mass is 567 g/mol. The topological polar surface area (TPSA) is 132 Å². The highest BCUT2D eigenvalue weighted by Crippen LogP contribution is 2.22. The van der Waals surface area contributed by atoms with E-state index in [4.69, 9.17) is 4.74 Å². The molecule has 1 heterocycles. The van der Waals surface area contributed by atoms with Crippen molar-refractivity contribution in [1.29, 1.82) is 0 Å². The molecule has 1 amide bonds. The highest BCUT2D eigenvalue weighted by molar-refractivity contribution is 7.90. The van der Waals surface area contributed by atoms with E-state index in [2.05, 4.69) is 4.99 Å². The third kappa shape index (κ3) is 6.53. The normalized spacial score (nSPS) is 12.8. The van der Waals surface area contributed by atoms with Crippen LogP contribution in [0.1, 0.15) is 37.0 Å².